The lowest BCUT2D eigenvalue weighted by molar-refractivity contribution is 0.0527. The Balaban J connectivity index is 1.83. The number of aromatic nitrogens is 2. The molecule has 160 valence electrons. The van der Waals surface area contributed by atoms with E-state index in [1.807, 2.05) is 23.8 Å². The van der Waals surface area contributed by atoms with Gasteiger partial charge in [-0.15, -0.1) is 0 Å². The van der Waals surface area contributed by atoms with Crippen LogP contribution in [0.15, 0.2) is 18.5 Å². The Labute approximate surface area is 175 Å². The monoisotopic (exact) mass is 417 g/mol. The zero-order chi connectivity index (χ0) is 20.9. The average Bonchev–Trinajstić information content (AvgIpc) is 3.09. The second-order valence-electron chi connectivity index (χ2n) is 9.12. The summed E-state index contributed by atoms with van der Waals surface area (Å²) in [5.74, 6) is -0.320. The van der Waals surface area contributed by atoms with E-state index in [0.717, 1.165) is 42.2 Å². The Morgan fingerprint density at radius 3 is 2.72 bits per heavy atom. The van der Waals surface area contributed by atoms with Crippen molar-refractivity contribution in [2.45, 2.75) is 77.5 Å². The Bertz CT molecular complexity index is 823. The fourth-order valence-electron chi connectivity index (χ4n) is 3.75. The van der Waals surface area contributed by atoms with E-state index < -0.39 is 8.07 Å². The predicted molar refractivity (Wildman–Crippen MR) is 120 cm³/mol. The summed E-state index contributed by atoms with van der Waals surface area (Å²) in [6, 6.07) is 3.55. The molecule has 7 heteroatoms. The third-order valence-corrected chi connectivity index (χ3v) is 7.17. The predicted octanol–water partition coefficient (Wildman–Crippen LogP) is 5.27. The van der Waals surface area contributed by atoms with E-state index in [-0.39, 0.29) is 5.97 Å². The number of hydrogen-bond acceptors (Lipinski definition) is 5. The SMILES string of the molecule is CCOC(=O)c1cnc2c(ccn2COCC[Si](C)(C)C)c1NC1CCCCC1. The van der Waals surface area contributed by atoms with Crippen LogP contribution < -0.4 is 5.32 Å². The minimum absolute atomic E-state index is 0.320. The highest BCUT2D eigenvalue weighted by molar-refractivity contribution is 6.76. The van der Waals surface area contributed by atoms with Crippen molar-refractivity contribution in [3.05, 3.63) is 24.0 Å². The Kier molecular flexibility index (Phi) is 7.35. The average molecular weight is 418 g/mol. The van der Waals surface area contributed by atoms with Crippen molar-refractivity contribution < 1.29 is 14.3 Å². The highest BCUT2D eigenvalue weighted by Crippen LogP contribution is 2.31. The molecule has 6 nitrogen and oxygen atoms in total. The number of pyridine rings is 1. The summed E-state index contributed by atoms with van der Waals surface area (Å²) >= 11 is 0. The van der Waals surface area contributed by atoms with Crippen molar-refractivity contribution in [2.24, 2.45) is 0 Å². The summed E-state index contributed by atoms with van der Waals surface area (Å²) in [4.78, 5) is 17.1. The van der Waals surface area contributed by atoms with Gasteiger partial charge in [-0.3, -0.25) is 0 Å². The van der Waals surface area contributed by atoms with Crippen LogP contribution in [0.1, 0.15) is 49.4 Å². The quantitative estimate of drug-likeness (QED) is 0.342. The van der Waals surface area contributed by atoms with Gasteiger partial charge < -0.3 is 19.4 Å². The molecular formula is C22H35N3O3Si. The summed E-state index contributed by atoms with van der Waals surface area (Å²) in [5, 5.41) is 4.60. The number of rotatable bonds is 9. The molecule has 0 amide bonds. The van der Waals surface area contributed by atoms with Crippen LogP contribution in [0.3, 0.4) is 0 Å². The first-order chi connectivity index (χ1) is 13.9. The van der Waals surface area contributed by atoms with Crippen LogP contribution in [0.4, 0.5) is 5.69 Å². The van der Waals surface area contributed by atoms with Crippen LogP contribution in [-0.2, 0) is 16.2 Å². The van der Waals surface area contributed by atoms with Crippen molar-refractivity contribution in [2.75, 3.05) is 18.5 Å². The lowest BCUT2D eigenvalue weighted by Crippen LogP contribution is -2.24. The molecule has 1 aliphatic rings. The van der Waals surface area contributed by atoms with Crippen LogP contribution >= 0.6 is 0 Å². The van der Waals surface area contributed by atoms with Gasteiger partial charge in [0.15, 0.2) is 0 Å². The van der Waals surface area contributed by atoms with E-state index in [1.54, 1.807) is 6.20 Å². The molecule has 0 saturated heterocycles. The van der Waals surface area contributed by atoms with Gasteiger partial charge in [0.1, 0.15) is 17.9 Å². The highest BCUT2D eigenvalue weighted by atomic mass is 28.3. The zero-order valence-electron chi connectivity index (χ0n) is 18.3. The largest absolute Gasteiger partial charge is 0.462 e. The van der Waals surface area contributed by atoms with Gasteiger partial charge in [-0.25, -0.2) is 9.78 Å². The summed E-state index contributed by atoms with van der Waals surface area (Å²) in [6.45, 7) is 10.5. The topological polar surface area (TPSA) is 65.4 Å². The number of carbonyl (C=O) groups is 1. The van der Waals surface area contributed by atoms with E-state index in [2.05, 4.69) is 29.9 Å². The summed E-state index contributed by atoms with van der Waals surface area (Å²) < 4.78 is 13.2. The standard InChI is InChI=1S/C22H35N3O3Si/c1-5-28-22(26)19-15-23-21-18(20(19)24-17-9-7-6-8-10-17)11-12-25(21)16-27-13-14-29(2,3)4/h11-12,15,17H,5-10,13-14,16H2,1-4H3,(H,23,24). The molecule has 0 atom stereocenters. The first-order valence-corrected chi connectivity index (χ1v) is 14.6. The third-order valence-electron chi connectivity index (χ3n) is 5.46. The van der Waals surface area contributed by atoms with Gasteiger partial charge in [0.2, 0.25) is 0 Å². The molecule has 1 N–H and O–H groups in total. The Morgan fingerprint density at radius 2 is 2.03 bits per heavy atom. The van der Waals surface area contributed by atoms with Gasteiger partial charge in [0.05, 0.1) is 12.3 Å². The maximum atomic E-state index is 12.5. The van der Waals surface area contributed by atoms with Crippen LogP contribution in [0, 0.1) is 0 Å². The number of esters is 1. The maximum Gasteiger partial charge on any atom is 0.341 e. The summed E-state index contributed by atoms with van der Waals surface area (Å²) in [7, 11) is -1.11. The normalized spacial score (nSPS) is 15.6. The molecule has 0 aromatic carbocycles. The van der Waals surface area contributed by atoms with Gasteiger partial charge in [0.25, 0.3) is 0 Å². The fourth-order valence-corrected chi connectivity index (χ4v) is 4.51. The first-order valence-electron chi connectivity index (χ1n) is 10.9. The molecule has 0 aliphatic heterocycles. The Morgan fingerprint density at radius 1 is 1.28 bits per heavy atom. The molecule has 0 spiro atoms. The van der Waals surface area contributed by atoms with E-state index in [0.29, 0.717) is 24.9 Å². The summed E-state index contributed by atoms with van der Waals surface area (Å²) in [6.07, 6.45) is 9.65. The van der Waals surface area contributed by atoms with Gasteiger partial charge >= 0.3 is 5.97 Å². The van der Waals surface area contributed by atoms with Crippen LogP contribution in [0.5, 0.6) is 0 Å². The van der Waals surface area contributed by atoms with Gasteiger partial charge in [-0.05, 0) is 31.9 Å². The number of fused-ring (bicyclic) bond motifs is 1. The molecule has 0 unspecified atom stereocenters. The second-order valence-corrected chi connectivity index (χ2v) is 14.7. The molecule has 2 heterocycles. The van der Waals surface area contributed by atoms with E-state index in [9.17, 15) is 4.79 Å². The molecule has 1 saturated carbocycles. The van der Waals surface area contributed by atoms with Crippen LogP contribution in [0.2, 0.25) is 25.7 Å². The molecule has 3 rings (SSSR count). The molecule has 0 bridgehead atoms. The molecule has 2 aromatic rings. The van der Waals surface area contributed by atoms with E-state index >= 15 is 0 Å². The molecule has 0 radical (unpaired) electrons. The lowest BCUT2D eigenvalue weighted by Gasteiger charge is -2.25. The van der Waals surface area contributed by atoms with Crippen molar-refractivity contribution in [3.8, 4) is 0 Å². The van der Waals surface area contributed by atoms with Crippen molar-refractivity contribution >= 4 is 30.8 Å². The number of carbonyl (C=O) groups excluding carboxylic acids is 1. The Hall–Kier alpha value is -1.86. The maximum absolute atomic E-state index is 12.5. The smallest absolute Gasteiger partial charge is 0.341 e. The zero-order valence-corrected chi connectivity index (χ0v) is 19.3. The van der Waals surface area contributed by atoms with Gasteiger partial charge in [-0.2, -0.15) is 0 Å². The minimum atomic E-state index is -1.11. The lowest BCUT2D eigenvalue weighted by atomic mass is 9.95. The fraction of sp³-hybridized carbons (Fsp3) is 0.636. The van der Waals surface area contributed by atoms with Crippen LogP contribution in [-0.4, -0.2) is 42.8 Å². The minimum Gasteiger partial charge on any atom is -0.462 e. The third kappa shape index (κ3) is 5.82. The number of hydrogen-bond donors (Lipinski definition) is 1. The number of nitrogens with zero attached hydrogens (tertiary/aromatic N) is 2. The number of ether oxygens (including phenoxy) is 2. The first kappa shape index (κ1) is 21.8. The molecule has 1 aliphatic carbocycles. The highest BCUT2D eigenvalue weighted by Gasteiger charge is 2.22. The van der Waals surface area contributed by atoms with Gasteiger partial charge in [0, 0.05) is 38.5 Å². The second kappa shape index (κ2) is 9.76. The van der Waals surface area contributed by atoms with Gasteiger partial charge in [-0.1, -0.05) is 38.9 Å². The van der Waals surface area contributed by atoms with E-state index in [1.165, 1.54) is 19.3 Å². The number of anilines is 1. The summed E-state index contributed by atoms with van der Waals surface area (Å²) in [5.41, 5.74) is 2.20. The van der Waals surface area contributed by atoms with Crippen molar-refractivity contribution in [1.29, 1.82) is 0 Å². The molecule has 1 fully saturated rings. The van der Waals surface area contributed by atoms with Crippen molar-refractivity contribution in [3.63, 3.8) is 0 Å². The molecule has 29 heavy (non-hydrogen) atoms. The number of nitrogens with one attached hydrogen (secondary N) is 1. The molecular weight excluding hydrogens is 382 g/mol. The van der Waals surface area contributed by atoms with E-state index in [4.69, 9.17) is 9.47 Å². The van der Waals surface area contributed by atoms with Crippen molar-refractivity contribution in [1.82, 2.24) is 9.55 Å². The molecule has 2 aromatic heterocycles. The van der Waals surface area contributed by atoms with Crippen LogP contribution in [0.25, 0.3) is 11.0 Å².